The molecule has 0 aromatic heterocycles. The van der Waals surface area contributed by atoms with E-state index in [-0.39, 0.29) is 24.1 Å². The fraction of sp³-hybridized carbons (Fsp3) is 0.471. The Kier molecular flexibility index (Phi) is 4.80. The van der Waals surface area contributed by atoms with Crippen molar-refractivity contribution in [3.05, 3.63) is 40.5 Å². The van der Waals surface area contributed by atoms with Gasteiger partial charge in [-0.2, -0.15) is 0 Å². The van der Waals surface area contributed by atoms with Crippen LogP contribution in [0.3, 0.4) is 0 Å². The predicted octanol–water partition coefficient (Wildman–Crippen LogP) is 2.81. The maximum atomic E-state index is 11.2. The molecule has 4 nitrogen and oxygen atoms in total. The first-order valence-corrected chi connectivity index (χ1v) is 7.17. The number of hydrogen-bond donors (Lipinski definition) is 2. The highest BCUT2D eigenvalue weighted by atomic mass is 16.5. The van der Waals surface area contributed by atoms with Crippen LogP contribution < -0.4 is 0 Å². The first kappa shape index (κ1) is 15.7. The van der Waals surface area contributed by atoms with E-state index in [1.165, 1.54) is 12.5 Å². The highest BCUT2D eigenvalue weighted by Crippen LogP contribution is 2.41. The number of phenols is 1. The lowest BCUT2D eigenvalue weighted by Crippen LogP contribution is -2.20. The van der Waals surface area contributed by atoms with Gasteiger partial charge in [0.2, 0.25) is 0 Å². The molecule has 0 fully saturated rings. The maximum Gasteiger partial charge on any atom is 0.158 e. The molecule has 2 rings (SSSR count). The van der Waals surface area contributed by atoms with Crippen LogP contribution in [-0.2, 0) is 22.6 Å². The number of hydrogen-bond acceptors (Lipinski definition) is 4. The van der Waals surface area contributed by atoms with Gasteiger partial charge in [-0.05, 0) is 44.4 Å². The predicted molar refractivity (Wildman–Crippen MR) is 80.1 cm³/mol. The zero-order valence-corrected chi connectivity index (χ0v) is 12.7. The third kappa shape index (κ3) is 3.52. The van der Waals surface area contributed by atoms with Crippen molar-refractivity contribution in [1.82, 2.24) is 0 Å². The van der Waals surface area contributed by atoms with E-state index < -0.39 is 6.10 Å². The number of phenolic OH excluding ortho intramolecular Hbond substituents is 1. The van der Waals surface area contributed by atoms with Gasteiger partial charge in [0.25, 0.3) is 0 Å². The van der Waals surface area contributed by atoms with Gasteiger partial charge in [0.05, 0.1) is 12.7 Å². The molecule has 2 atom stereocenters. The lowest BCUT2D eigenvalue weighted by Gasteiger charge is -2.17. The SMILES string of the molecule is CC(=O)[C@H](O)C[C@H]1OCc2c(O)ccc(CC=C(C)C)c21. The standard InChI is InChI=1S/C17H22O4/c1-10(2)4-5-12-6-7-14(19)13-9-21-16(17(12)13)8-15(20)11(3)18/h4,6-7,15-16,19-20H,5,8-9H2,1-3H3/t15-,16-/m1/s1. The third-order valence-electron chi connectivity index (χ3n) is 3.81. The Morgan fingerprint density at radius 1 is 1.43 bits per heavy atom. The summed E-state index contributed by atoms with van der Waals surface area (Å²) in [5.74, 6) is -0.0520. The van der Waals surface area contributed by atoms with Crippen LogP contribution in [0.5, 0.6) is 5.75 Å². The number of ether oxygens (including phenoxy) is 1. The maximum absolute atomic E-state index is 11.2. The van der Waals surface area contributed by atoms with Crippen molar-refractivity contribution in [1.29, 1.82) is 0 Å². The van der Waals surface area contributed by atoms with E-state index in [1.807, 2.05) is 19.9 Å². The lowest BCUT2D eigenvalue weighted by molar-refractivity contribution is -0.126. The monoisotopic (exact) mass is 290 g/mol. The molecule has 0 saturated heterocycles. The molecule has 0 aliphatic carbocycles. The second-order valence-corrected chi connectivity index (χ2v) is 5.78. The number of aliphatic hydroxyl groups is 1. The number of aliphatic hydroxyl groups excluding tert-OH is 1. The second kappa shape index (κ2) is 6.41. The highest BCUT2D eigenvalue weighted by Gasteiger charge is 2.31. The summed E-state index contributed by atoms with van der Waals surface area (Å²) in [6.45, 7) is 5.76. The molecule has 4 heteroatoms. The summed E-state index contributed by atoms with van der Waals surface area (Å²) >= 11 is 0. The van der Waals surface area contributed by atoms with Crippen LogP contribution in [0.4, 0.5) is 0 Å². The number of carbonyl (C=O) groups is 1. The molecule has 0 saturated carbocycles. The summed E-state index contributed by atoms with van der Waals surface area (Å²) in [5, 5.41) is 19.8. The van der Waals surface area contributed by atoms with E-state index in [4.69, 9.17) is 4.74 Å². The number of Topliss-reactive ketones (excluding diaryl/α,β-unsaturated/α-hetero) is 1. The van der Waals surface area contributed by atoms with Crippen molar-refractivity contribution in [2.45, 2.75) is 52.4 Å². The van der Waals surface area contributed by atoms with Crippen molar-refractivity contribution in [2.75, 3.05) is 0 Å². The van der Waals surface area contributed by atoms with Crippen molar-refractivity contribution < 1.29 is 19.7 Å². The molecule has 0 bridgehead atoms. The van der Waals surface area contributed by atoms with Gasteiger partial charge < -0.3 is 14.9 Å². The van der Waals surface area contributed by atoms with Gasteiger partial charge in [-0.25, -0.2) is 0 Å². The van der Waals surface area contributed by atoms with Gasteiger partial charge in [-0.15, -0.1) is 0 Å². The first-order chi connectivity index (χ1) is 9.90. The molecule has 114 valence electrons. The Balaban J connectivity index is 2.32. The van der Waals surface area contributed by atoms with Crippen molar-refractivity contribution in [2.24, 2.45) is 0 Å². The Hall–Kier alpha value is -1.65. The molecule has 0 spiro atoms. The number of carbonyl (C=O) groups excluding carboxylic acids is 1. The highest BCUT2D eigenvalue weighted by molar-refractivity contribution is 5.80. The van der Waals surface area contributed by atoms with E-state index in [0.29, 0.717) is 6.61 Å². The molecule has 0 unspecified atom stereocenters. The molecular formula is C17H22O4. The molecular weight excluding hydrogens is 268 g/mol. The molecule has 0 amide bonds. The minimum atomic E-state index is -1.03. The molecule has 1 aliphatic rings. The van der Waals surface area contributed by atoms with Gasteiger partial charge in [0, 0.05) is 12.0 Å². The van der Waals surface area contributed by atoms with Crippen molar-refractivity contribution in [3.8, 4) is 5.75 Å². The molecule has 2 N–H and O–H groups in total. The molecule has 1 aromatic rings. The first-order valence-electron chi connectivity index (χ1n) is 7.17. The molecule has 0 radical (unpaired) electrons. The quantitative estimate of drug-likeness (QED) is 0.818. The van der Waals surface area contributed by atoms with E-state index >= 15 is 0 Å². The van der Waals surface area contributed by atoms with E-state index in [9.17, 15) is 15.0 Å². The van der Waals surface area contributed by atoms with Crippen molar-refractivity contribution >= 4 is 5.78 Å². The average molecular weight is 290 g/mol. The molecule has 21 heavy (non-hydrogen) atoms. The number of benzene rings is 1. The molecule has 1 aliphatic heterocycles. The summed E-state index contributed by atoms with van der Waals surface area (Å²) in [5.41, 5.74) is 3.99. The van der Waals surface area contributed by atoms with Gasteiger partial charge in [0.1, 0.15) is 11.9 Å². The van der Waals surface area contributed by atoms with Crippen LogP contribution in [0, 0.1) is 0 Å². The largest absolute Gasteiger partial charge is 0.508 e. The van der Waals surface area contributed by atoms with Crippen molar-refractivity contribution in [3.63, 3.8) is 0 Å². The van der Waals surface area contributed by atoms with E-state index in [1.54, 1.807) is 6.07 Å². The minimum absolute atomic E-state index is 0.214. The Bertz CT molecular complexity index is 570. The zero-order chi connectivity index (χ0) is 15.6. The Morgan fingerprint density at radius 2 is 2.14 bits per heavy atom. The van der Waals surface area contributed by atoms with Crippen LogP contribution in [0.15, 0.2) is 23.8 Å². The van der Waals surface area contributed by atoms with E-state index in [0.717, 1.165) is 23.1 Å². The topological polar surface area (TPSA) is 66.8 Å². The van der Waals surface area contributed by atoms with Gasteiger partial charge >= 0.3 is 0 Å². The van der Waals surface area contributed by atoms with Gasteiger partial charge in [-0.1, -0.05) is 17.7 Å². The minimum Gasteiger partial charge on any atom is -0.508 e. The molecule has 1 aromatic carbocycles. The molecule has 1 heterocycles. The summed E-state index contributed by atoms with van der Waals surface area (Å²) in [6.07, 6.45) is 1.73. The summed E-state index contributed by atoms with van der Waals surface area (Å²) in [6, 6.07) is 3.57. The van der Waals surface area contributed by atoms with Gasteiger partial charge in [-0.3, -0.25) is 4.79 Å². The smallest absolute Gasteiger partial charge is 0.158 e. The van der Waals surface area contributed by atoms with Crippen LogP contribution in [0.1, 0.15) is 50.0 Å². The fourth-order valence-electron chi connectivity index (χ4n) is 2.57. The normalized spacial score (nSPS) is 18.2. The summed E-state index contributed by atoms with van der Waals surface area (Å²) in [7, 11) is 0. The number of aromatic hydroxyl groups is 1. The zero-order valence-electron chi connectivity index (χ0n) is 12.7. The van der Waals surface area contributed by atoms with Crippen LogP contribution in [0.2, 0.25) is 0 Å². The van der Waals surface area contributed by atoms with Crippen LogP contribution in [0.25, 0.3) is 0 Å². The second-order valence-electron chi connectivity index (χ2n) is 5.78. The number of ketones is 1. The summed E-state index contributed by atoms with van der Waals surface area (Å²) in [4.78, 5) is 11.2. The van der Waals surface area contributed by atoms with Gasteiger partial charge in [0.15, 0.2) is 5.78 Å². The third-order valence-corrected chi connectivity index (χ3v) is 3.81. The Morgan fingerprint density at radius 3 is 2.76 bits per heavy atom. The van der Waals surface area contributed by atoms with E-state index in [2.05, 4.69) is 6.08 Å². The van der Waals surface area contributed by atoms with Crippen LogP contribution >= 0.6 is 0 Å². The summed E-state index contributed by atoms with van der Waals surface area (Å²) < 4.78 is 5.68. The number of fused-ring (bicyclic) bond motifs is 1. The average Bonchev–Trinajstić information content (AvgIpc) is 2.83. The Labute approximate surface area is 125 Å². The lowest BCUT2D eigenvalue weighted by atomic mass is 9.92. The van der Waals surface area contributed by atoms with Crippen LogP contribution in [-0.4, -0.2) is 22.1 Å². The fourth-order valence-corrected chi connectivity index (χ4v) is 2.57. The number of rotatable bonds is 5. The number of allylic oxidation sites excluding steroid dienone is 2.